The predicted octanol–water partition coefficient (Wildman–Crippen LogP) is 2.13. The molecular formula is C18H23ClN6O3. The maximum Gasteiger partial charge on any atom is 0.271 e. The van der Waals surface area contributed by atoms with Crippen LogP contribution in [0, 0.1) is 10.1 Å². The van der Waals surface area contributed by atoms with Crippen molar-refractivity contribution in [1.29, 1.82) is 0 Å². The van der Waals surface area contributed by atoms with Gasteiger partial charge in [0, 0.05) is 57.8 Å². The minimum Gasteiger partial charge on any atom is -0.337 e. The monoisotopic (exact) mass is 406 g/mol. The first-order valence-electron chi connectivity index (χ1n) is 9.02. The van der Waals surface area contributed by atoms with E-state index in [0.717, 1.165) is 38.5 Å². The van der Waals surface area contributed by atoms with E-state index in [-0.39, 0.29) is 22.7 Å². The molecule has 2 aromatic rings. The van der Waals surface area contributed by atoms with Crippen LogP contribution in [0.5, 0.6) is 0 Å². The van der Waals surface area contributed by atoms with Crippen molar-refractivity contribution >= 4 is 28.9 Å². The Morgan fingerprint density at radius 1 is 1.36 bits per heavy atom. The molecule has 1 aromatic heterocycles. The number of rotatable bonds is 6. The number of anilines is 1. The lowest BCUT2D eigenvalue weighted by molar-refractivity contribution is -0.384. The van der Waals surface area contributed by atoms with Crippen molar-refractivity contribution < 1.29 is 9.72 Å². The molecule has 1 saturated heterocycles. The Morgan fingerprint density at radius 3 is 2.64 bits per heavy atom. The molecule has 1 N–H and O–H groups in total. The van der Waals surface area contributed by atoms with Gasteiger partial charge in [-0.2, -0.15) is 0 Å². The van der Waals surface area contributed by atoms with Gasteiger partial charge in [0.2, 0.25) is 5.91 Å². The first-order chi connectivity index (χ1) is 13.3. The maximum atomic E-state index is 12.6. The van der Waals surface area contributed by atoms with E-state index in [0.29, 0.717) is 5.69 Å². The van der Waals surface area contributed by atoms with Gasteiger partial charge in [-0.05, 0) is 13.0 Å². The summed E-state index contributed by atoms with van der Waals surface area (Å²) in [7, 11) is 1.98. The predicted molar refractivity (Wildman–Crippen MR) is 106 cm³/mol. The van der Waals surface area contributed by atoms with E-state index in [1.54, 1.807) is 6.20 Å². The molecule has 2 heterocycles. The summed E-state index contributed by atoms with van der Waals surface area (Å²) in [4.78, 5) is 31.6. The van der Waals surface area contributed by atoms with E-state index in [4.69, 9.17) is 11.6 Å². The molecule has 150 valence electrons. The van der Waals surface area contributed by atoms with Crippen LogP contribution in [0.1, 0.15) is 12.7 Å². The highest BCUT2D eigenvalue weighted by atomic mass is 35.5. The van der Waals surface area contributed by atoms with Crippen LogP contribution >= 0.6 is 11.6 Å². The molecule has 10 heteroatoms. The van der Waals surface area contributed by atoms with Crippen molar-refractivity contribution in [3.63, 3.8) is 0 Å². The van der Waals surface area contributed by atoms with Gasteiger partial charge in [-0.1, -0.05) is 11.6 Å². The Morgan fingerprint density at radius 2 is 2.07 bits per heavy atom. The Labute approximate surface area is 168 Å². The zero-order valence-corrected chi connectivity index (χ0v) is 16.6. The third-order valence-electron chi connectivity index (χ3n) is 5.04. The average Bonchev–Trinajstić information content (AvgIpc) is 3.07. The van der Waals surface area contributed by atoms with Crippen LogP contribution in [0.3, 0.4) is 0 Å². The largest absolute Gasteiger partial charge is 0.337 e. The smallest absolute Gasteiger partial charge is 0.271 e. The fraction of sp³-hybridized carbons (Fsp3) is 0.444. The second kappa shape index (κ2) is 8.68. The number of nitrogens with zero attached hydrogens (tertiary/aromatic N) is 5. The summed E-state index contributed by atoms with van der Waals surface area (Å²) in [5.74, 6) is 0.834. The SMILES string of the molecule is CC(C(=O)Nc1ccc([N+](=O)[O-])cc1Cl)N1CCN(Cc2nccn2C)CC1. The number of nitro benzene ring substituents is 1. The number of hydrogen-bond acceptors (Lipinski definition) is 6. The lowest BCUT2D eigenvalue weighted by Crippen LogP contribution is -2.52. The molecule has 0 spiro atoms. The molecular weight excluding hydrogens is 384 g/mol. The number of aryl methyl sites for hydroxylation is 1. The number of halogens is 1. The van der Waals surface area contributed by atoms with Gasteiger partial charge >= 0.3 is 0 Å². The summed E-state index contributed by atoms with van der Waals surface area (Å²) in [5.41, 5.74) is 0.261. The second-order valence-electron chi connectivity index (χ2n) is 6.85. The van der Waals surface area contributed by atoms with Crippen LogP contribution in [0.25, 0.3) is 0 Å². The highest BCUT2D eigenvalue weighted by Gasteiger charge is 2.26. The van der Waals surface area contributed by atoms with Crippen molar-refractivity contribution in [2.75, 3.05) is 31.5 Å². The standard InChI is InChI=1S/C18H23ClN6O3/c1-13(18(26)21-16-4-3-14(25(27)28)11-15(16)19)24-9-7-23(8-10-24)12-17-20-5-6-22(17)2/h3-6,11,13H,7-10,12H2,1-2H3,(H,21,26). The first kappa shape index (κ1) is 20.2. The Bertz CT molecular complexity index is 863. The van der Waals surface area contributed by atoms with Crippen LogP contribution in [0.15, 0.2) is 30.6 Å². The minimum absolute atomic E-state index is 0.111. The average molecular weight is 407 g/mol. The highest BCUT2D eigenvalue weighted by molar-refractivity contribution is 6.34. The zero-order valence-electron chi connectivity index (χ0n) is 15.8. The number of benzene rings is 1. The minimum atomic E-state index is -0.523. The van der Waals surface area contributed by atoms with Gasteiger partial charge in [0.1, 0.15) is 5.82 Å². The van der Waals surface area contributed by atoms with Gasteiger partial charge in [-0.25, -0.2) is 4.98 Å². The van der Waals surface area contributed by atoms with Gasteiger partial charge in [-0.15, -0.1) is 0 Å². The maximum absolute atomic E-state index is 12.6. The molecule has 1 aliphatic rings. The van der Waals surface area contributed by atoms with Crippen molar-refractivity contribution in [2.24, 2.45) is 7.05 Å². The topological polar surface area (TPSA) is 96.5 Å². The summed E-state index contributed by atoms with van der Waals surface area (Å²) in [6.07, 6.45) is 3.72. The number of nitrogens with one attached hydrogen (secondary N) is 1. The lowest BCUT2D eigenvalue weighted by atomic mass is 10.2. The number of hydrogen-bond donors (Lipinski definition) is 1. The van der Waals surface area contributed by atoms with E-state index < -0.39 is 4.92 Å². The first-order valence-corrected chi connectivity index (χ1v) is 9.40. The lowest BCUT2D eigenvalue weighted by Gasteiger charge is -2.37. The van der Waals surface area contributed by atoms with Crippen molar-refractivity contribution in [1.82, 2.24) is 19.4 Å². The fourth-order valence-corrected chi connectivity index (χ4v) is 3.40. The quantitative estimate of drug-likeness (QED) is 0.583. The van der Waals surface area contributed by atoms with Gasteiger partial charge in [0.25, 0.3) is 5.69 Å². The van der Waals surface area contributed by atoms with Gasteiger partial charge in [0.05, 0.1) is 28.2 Å². The van der Waals surface area contributed by atoms with Crippen molar-refractivity contribution in [3.8, 4) is 0 Å². The molecule has 0 saturated carbocycles. The molecule has 0 aliphatic carbocycles. The van der Waals surface area contributed by atoms with E-state index in [1.165, 1.54) is 18.2 Å². The Hall–Kier alpha value is -2.49. The molecule has 28 heavy (non-hydrogen) atoms. The molecule has 9 nitrogen and oxygen atoms in total. The third kappa shape index (κ3) is 4.67. The number of amides is 1. The Balaban J connectivity index is 1.53. The normalized spacial score (nSPS) is 16.7. The van der Waals surface area contributed by atoms with E-state index in [9.17, 15) is 14.9 Å². The second-order valence-corrected chi connectivity index (χ2v) is 7.26. The van der Waals surface area contributed by atoms with E-state index >= 15 is 0 Å². The Kier molecular flexibility index (Phi) is 6.28. The summed E-state index contributed by atoms with van der Waals surface area (Å²) < 4.78 is 2.01. The van der Waals surface area contributed by atoms with Gasteiger partial charge in [0.15, 0.2) is 0 Å². The van der Waals surface area contributed by atoms with Crippen molar-refractivity contribution in [3.05, 3.63) is 51.6 Å². The molecule has 1 aromatic carbocycles. The number of carbonyl (C=O) groups excluding carboxylic acids is 1. The molecule has 1 atom stereocenters. The van der Waals surface area contributed by atoms with Crippen LogP contribution in [-0.4, -0.2) is 62.4 Å². The fourth-order valence-electron chi connectivity index (χ4n) is 3.18. The van der Waals surface area contributed by atoms with Crippen LogP contribution in [-0.2, 0) is 18.4 Å². The highest BCUT2D eigenvalue weighted by Crippen LogP contribution is 2.27. The summed E-state index contributed by atoms with van der Waals surface area (Å²) in [6.45, 7) is 5.88. The zero-order chi connectivity index (χ0) is 20.3. The molecule has 3 rings (SSSR count). The van der Waals surface area contributed by atoms with Crippen LogP contribution in [0.4, 0.5) is 11.4 Å². The number of aromatic nitrogens is 2. The number of carbonyl (C=O) groups is 1. The molecule has 1 unspecified atom stereocenters. The number of piperazine rings is 1. The molecule has 0 bridgehead atoms. The van der Waals surface area contributed by atoms with E-state index in [1.807, 2.05) is 24.7 Å². The van der Waals surface area contributed by atoms with Gasteiger partial charge in [-0.3, -0.25) is 24.7 Å². The molecule has 1 fully saturated rings. The van der Waals surface area contributed by atoms with Crippen molar-refractivity contribution in [2.45, 2.75) is 19.5 Å². The molecule has 1 aliphatic heterocycles. The van der Waals surface area contributed by atoms with Crippen LogP contribution < -0.4 is 5.32 Å². The summed E-state index contributed by atoms with van der Waals surface area (Å²) in [6, 6.07) is 3.68. The van der Waals surface area contributed by atoms with Crippen LogP contribution in [0.2, 0.25) is 5.02 Å². The molecule has 0 radical (unpaired) electrons. The van der Waals surface area contributed by atoms with Gasteiger partial charge < -0.3 is 9.88 Å². The number of nitro groups is 1. The number of imidazole rings is 1. The summed E-state index contributed by atoms with van der Waals surface area (Å²) >= 11 is 6.06. The summed E-state index contributed by atoms with van der Waals surface area (Å²) in [5, 5.41) is 13.7. The van der Waals surface area contributed by atoms with E-state index in [2.05, 4.69) is 20.1 Å². The molecule has 1 amide bonds. The third-order valence-corrected chi connectivity index (χ3v) is 5.35. The number of non-ortho nitro benzene ring substituents is 1.